The van der Waals surface area contributed by atoms with Crippen LogP contribution in [0.5, 0.6) is 0 Å². The molecule has 0 fully saturated rings. The summed E-state index contributed by atoms with van der Waals surface area (Å²) in [4.78, 5) is 23.3. The van der Waals surface area contributed by atoms with E-state index >= 15 is 0 Å². The normalized spacial score (nSPS) is 12.7. The van der Waals surface area contributed by atoms with Gasteiger partial charge in [0.1, 0.15) is 0 Å². The number of allylic oxidation sites excluding steroid dienone is 2. The molecular formula is C14H11F3N2O2S. The third-order valence-corrected chi connectivity index (χ3v) is 3.10. The maximum Gasteiger partial charge on any atom is 0.446 e. The van der Waals surface area contributed by atoms with Crippen LogP contribution >= 0.6 is 11.8 Å². The Morgan fingerprint density at radius 2 is 1.91 bits per heavy atom. The smallest absolute Gasteiger partial charge is 0.325 e. The predicted octanol–water partition coefficient (Wildman–Crippen LogP) is 3.52. The molecule has 1 N–H and O–H groups in total. The predicted molar refractivity (Wildman–Crippen MR) is 75.9 cm³/mol. The van der Waals surface area contributed by atoms with E-state index in [-0.39, 0.29) is 22.3 Å². The van der Waals surface area contributed by atoms with Crippen molar-refractivity contribution in [2.24, 2.45) is 5.92 Å². The van der Waals surface area contributed by atoms with Crippen molar-refractivity contribution >= 4 is 29.1 Å². The van der Waals surface area contributed by atoms with Crippen molar-refractivity contribution in [3.63, 3.8) is 0 Å². The Balaban J connectivity index is 2.76. The first kappa shape index (κ1) is 17.8. The third kappa shape index (κ3) is 5.61. The molecule has 0 spiro atoms. The van der Waals surface area contributed by atoms with E-state index < -0.39 is 23.1 Å². The number of nitrogens with zero attached hydrogens (tertiary/aromatic N) is 1. The van der Waals surface area contributed by atoms with Crippen LogP contribution in [0.4, 0.5) is 18.9 Å². The largest absolute Gasteiger partial charge is 0.446 e. The van der Waals surface area contributed by atoms with Crippen molar-refractivity contribution < 1.29 is 22.8 Å². The Morgan fingerprint density at radius 1 is 1.32 bits per heavy atom. The van der Waals surface area contributed by atoms with Gasteiger partial charge in [0.25, 0.3) is 0 Å². The number of amides is 1. The summed E-state index contributed by atoms with van der Waals surface area (Å²) >= 11 is -0.278. The summed E-state index contributed by atoms with van der Waals surface area (Å²) in [6.45, 7) is 1.57. The minimum Gasteiger partial charge on any atom is -0.325 e. The highest BCUT2D eigenvalue weighted by molar-refractivity contribution is 8.00. The molecule has 0 aliphatic heterocycles. The zero-order valence-electron chi connectivity index (χ0n) is 11.3. The number of benzene rings is 1. The molecule has 116 valence electrons. The molecule has 1 amide bonds. The molecule has 0 saturated carbocycles. The van der Waals surface area contributed by atoms with Crippen LogP contribution in [0, 0.1) is 17.2 Å². The van der Waals surface area contributed by atoms with E-state index in [0.717, 1.165) is 6.08 Å². The number of thioether (sulfide) groups is 1. The van der Waals surface area contributed by atoms with Gasteiger partial charge >= 0.3 is 5.51 Å². The molecule has 0 heterocycles. The molecule has 0 aliphatic carbocycles. The number of carbonyl (C=O) groups is 2. The molecule has 1 aromatic carbocycles. The molecule has 22 heavy (non-hydrogen) atoms. The number of rotatable bonds is 5. The molecule has 0 radical (unpaired) electrons. The standard InChI is InChI=1S/C14H11F3N2O2S/c1-2-3-12(20)11(8-18)13(21)19-9-4-6-10(7-5-9)22-14(15,16)17/h2-7,11H,1H3,(H,19,21). The molecule has 0 aliphatic rings. The lowest BCUT2D eigenvalue weighted by Gasteiger charge is -2.09. The Hall–Kier alpha value is -2.27. The van der Waals surface area contributed by atoms with E-state index in [1.54, 1.807) is 13.0 Å². The second kappa shape index (κ2) is 7.66. The van der Waals surface area contributed by atoms with Crippen LogP contribution < -0.4 is 5.32 Å². The third-order valence-electron chi connectivity index (χ3n) is 2.36. The van der Waals surface area contributed by atoms with Crippen molar-refractivity contribution in [3.8, 4) is 6.07 Å². The monoisotopic (exact) mass is 328 g/mol. The Morgan fingerprint density at radius 3 is 2.36 bits per heavy atom. The van der Waals surface area contributed by atoms with Gasteiger partial charge in [-0.05, 0) is 49.0 Å². The summed E-state index contributed by atoms with van der Waals surface area (Å²) in [5.41, 5.74) is -4.19. The van der Waals surface area contributed by atoms with Crippen LogP contribution in [0.15, 0.2) is 41.3 Å². The molecule has 4 nitrogen and oxygen atoms in total. The molecular weight excluding hydrogens is 317 g/mol. The summed E-state index contributed by atoms with van der Waals surface area (Å²) in [5, 5.41) is 11.2. The van der Waals surface area contributed by atoms with Crippen LogP contribution in [-0.4, -0.2) is 17.2 Å². The van der Waals surface area contributed by atoms with E-state index in [9.17, 15) is 22.8 Å². The topological polar surface area (TPSA) is 70.0 Å². The van der Waals surface area contributed by atoms with Gasteiger partial charge in [-0.25, -0.2) is 0 Å². The van der Waals surface area contributed by atoms with Crippen molar-refractivity contribution in [3.05, 3.63) is 36.4 Å². The van der Waals surface area contributed by atoms with Gasteiger partial charge in [-0.15, -0.1) is 0 Å². The van der Waals surface area contributed by atoms with E-state index in [0.29, 0.717) is 0 Å². The zero-order chi connectivity index (χ0) is 16.8. The summed E-state index contributed by atoms with van der Waals surface area (Å²) in [5.74, 6) is -2.99. The second-order valence-electron chi connectivity index (χ2n) is 4.03. The number of nitrogens with one attached hydrogen (secondary N) is 1. The molecule has 1 aromatic rings. The van der Waals surface area contributed by atoms with Gasteiger partial charge in [-0.2, -0.15) is 18.4 Å². The molecule has 1 unspecified atom stereocenters. The lowest BCUT2D eigenvalue weighted by atomic mass is 10.0. The first-order valence-corrected chi connectivity index (χ1v) is 6.81. The van der Waals surface area contributed by atoms with Gasteiger partial charge in [0.05, 0.1) is 6.07 Å². The number of ketones is 1. The summed E-state index contributed by atoms with van der Waals surface area (Å²) in [7, 11) is 0. The average Bonchev–Trinajstić information content (AvgIpc) is 2.40. The fourth-order valence-corrected chi connectivity index (χ4v) is 2.01. The van der Waals surface area contributed by atoms with Gasteiger partial charge in [-0.1, -0.05) is 6.08 Å². The van der Waals surface area contributed by atoms with Crippen molar-refractivity contribution in [2.45, 2.75) is 17.3 Å². The van der Waals surface area contributed by atoms with E-state index in [2.05, 4.69) is 5.32 Å². The van der Waals surface area contributed by atoms with E-state index in [1.807, 2.05) is 0 Å². The van der Waals surface area contributed by atoms with Crippen LogP contribution in [-0.2, 0) is 9.59 Å². The number of nitriles is 1. The molecule has 1 atom stereocenters. The highest BCUT2D eigenvalue weighted by Gasteiger charge is 2.29. The molecule has 1 rings (SSSR count). The molecule has 0 bridgehead atoms. The van der Waals surface area contributed by atoms with E-state index in [4.69, 9.17) is 5.26 Å². The highest BCUT2D eigenvalue weighted by atomic mass is 32.2. The minimum atomic E-state index is -4.39. The Bertz CT molecular complexity index is 618. The first-order valence-electron chi connectivity index (χ1n) is 5.99. The Labute approximate surface area is 129 Å². The number of alkyl halides is 3. The van der Waals surface area contributed by atoms with Crippen LogP contribution in [0.25, 0.3) is 0 Å². The highest BCUT2D eigenvalue weighted by Crippen LogP contribution is 2.37. The van der Waals surface area contributed by atoms with Gasteiger partial charge in [0.2, 0.25) is 5.91 Å². The SMILES string of the molecule is CC=CC(=O)C(C#N)C(=O)Nc1ccc(SC(F)(F)F)cc1. The zero-order valence-corrected chi connectivity index (χ0v) is 12.2. The number of anilines is 1. The maximum atomic E-state index is 12.2. The van der Waals surface area contributed by atoms with Crippen molar-refractivity contribution in [1.29, 1.82) is 5.26 Å². The van der Waals surface area contributed by atoms with E-state index in [1.165, 1.54) is 30.3 Å². The summed E-state index contributed by atoms with van der Waals surface area (Å²) in [6.07, 6.45) is 2.51. The summed E-state index contributed by atoms with van der Waals surface area (Å²) < 4.78 is 36.5. The lowest BCUT2D eigenvalue weighted by Crippen LogP contribution is -2.27. The molecule has 0 saturated heterocycles. The van der Waals surface area contributed by atoms with Crippen molar-refractivity contribution in [2.75, 3.05) is 5.32 Å². The molecule has 8 heteroatoms. The lowest BCUT2D eigenvalue weighted by molar-refractivity contribution is -0.126. The summed E-state index contributed by atoms with van der Waals surface area (Å²) in [6, 6.07) is 6.48. The second-order valence-corrected chi connectivity index (χ2v) is 5.16. The number of hydrogen-bond acceptors (Lipinski definition) is 4. The fraction of sp³-hybridized carbons (Fsp3) is 0.214. The number of carbonyl (C=O) groups excluding carboxylic acids is 2. The number of halogens is 3. The Kier molecular flexibility index (Phi) is 6.19. The van der Waals surface area contributed by atoms with Crippen LogP contribution in [0.3, 0.4) is 0 Å². The van der Waals surface area contributed by atoms with Crippen LogP contribution in [0.2, 0.25) is 0 Å². The van der Waals surface area contributed by atoms with Gasteiger partial charge < -0.3 is 5.32 Å². The minimum absolute atomic E-state index is 0.0349. The quantitative estimate of drug-likeness (QED) is 0.510. The molecule has 0 aromatic heterocycles. The average molecular weight is 328 g/mol. The number of hydrogen-bond donors (Lipinski definition) is 1. The van der Waals surface area contributed by atoms with Gasteiger partial charge in [0, 0.05) is 10.6 Å². The maximum absolute atomic E-state index is 12.2. The first-order chi connectivity index (χ1) is 10.3. The van der Waals surface area contributed by atoms with Crippen LogP contribution in [0.1, 0.15) is 6.92 Å². The van der Waals surface area contributed by atoms with Gasteiger partial charge in [0.15, 0.2) is 11.7 Å². The van der Waals surface area contributed by atoms with Crippen molar-refractivity contribution in [1.82, 2.24) is 0 Å². The van der Waals surface area contributed by atoms with Gasteiger partial charge in [-0.3, -0.25) is 9.59 Å². The fourth-order valence-electron chi connectivity index (χ4n) is 1.47.